The molecule has 4 nitrogen and oxygen atoms in total. The second-order valence-corrected chi connectivity index (χ2v) is 4.44. The first-order chi connectivity index (χ1) is 9.47. The number of benzene rings is 1. The molecule has 0 fully saturated rings. The standard InChI is InChI=1S/C14H10ClFN2O2/c1-8(19)9-2-4-11(5-3-9)18-14(20)12-6-10(16)7-17-13(12)15/h2-7H,1H3,(H,18,20). The molecule has 0 aliphatic rings. The maximum atomic E-state index is 13.0. The third-order valence-corrected chi connectivity index (χ3v) is 2.90. The van der Waals surface area contributed by atoms with Crippen molar-refractivity contribution in [1.29, 1.82) is 0 Å². The molecule has 0 spiro atoms. The van der Waals surface area contributed by atoms with Gasteiger partial charge < -0.3 is 5.32 Å². The van der Waals surface area contributed by atoms with E-state index < -0.39 is 11.7 Å². The summed E-state index contributed by atoms with van der Waals surface area (Å²) in [5.41, 5.74) is 0.955. The Bertz CT molecular complexity index is 671. The maximum absolute atomic E-state index is 13.0. The number of amides is 1. The molecule has 0 saturated carbocycles. The minimum atomic E-state index is -0.647. The molecule has 0 aliphatic carbocycles. The number of anilines is 1. The van der Waals surface area contributed by atoms with Gasteiger partial charge >= 0.3 is 0 Å². The average Bonchev–Trinajstić information content (AvgIpc) is 2.42. The quantitative estimate of drug-likeness (QED) is 0.697. The number of hydrogen-bond acceptors (Lipinski definition) is 3. The van der Waals surface area contributed by atoms with Gasteiger partial charge in [-0.15, -0.1) is 0 Å². The molecule has 102 valence electrons. The van der Waals surface area contributed by atoms with E-state index in [4.69, 9.17) is 11.6 Å². The number of carbonyl (C=O) groups is 2. The molecule has 1 amide bonds. The van der Waals surface area contributed by atoms with Crippen molar-refractivity contribution in [3.05, 3.63) is 58.6 Å². The van der Waals surface area contributed by atoms with Crippen molar-refractivity contribution in [2.24, 2.45) is 0 Å². The first-order valence-corrected chi connectivity index (χ1v) is 6.08. The summed E-state index contributed by atoms with van der Waals surface area (Å²) in [6.07, 6.45) is 0.931. The third kappa shape index (κ3) is 3.19. The van der Waals surface area contributed by atoms with E-state index in [1.807, 2.05) is 0 Å². The van der Waals surface area contributed by atoms with Crippen LogP contribution >= 0.6 is 11.6 Å². The summed E-state index contributed by atoms with van der Waals surface area (Å²) in [4.78, 5) is 26.6. The zero-order valence-corrected chi connectivity index (χ0v) is 11.2. The Morgan fingerprint density at radius 3 is 2.50 bits per heavy atom. The summed E-state index contributed by atoms with van der Waals surface area (Å²) in [5, 5.41) is 2.47. The molecule has 6 heteroatoms. The number of rotatable bonds is 3. The van der Waals surface area contributed by atoms with Crippen molar-refractivity contribution in [3.8, 4) is 0 Å². The first kappa shape index (κ1) is 14.1. The Kier molecular flexibility index (Phi) is 4.10. The highest BCUT2D eigenvalue weighted by molar-refractivity contribution is 6.33. The highest BCUT2D eigenvalue weighted by Crippen LogP contribution is 2.17. The Hall–Kier alpha value is -2.27. The van der Waals surface area contributed by atoms with Gasteiger partial charge in [0.2, 0.25) is 0 Å². The molecule has 1 N–H and O–H groups in total. The van der Waals surface area contributed by atoms with Gasteiger partial charge in [-0.1, -0.05) is 11.6 Å². The number of carbonyl (C=O) groups excluding carboxylic acids is 2. The molecule has 1 aromatic heterocycles. The van der Waals surface area contributed by atoms with E-state index in [0.29, 0.717) is 11.3 Å². The molecule has 0 unspecified atom stereocenters. The molecular weight excluding hydrogens is 283 g/mol. The molecular formula is C14H10ClFN2O2. The number of ketones is 1. The van der Waals surface area contributed by atoms with E-state index in [1.165, 1.54) is 6.92 Å². The second kappa shape index (κ2) is 5.79. The van der Waals surface area contributed by atoms with Crippen molar-refractivity contribution < 1.29 is 14.0 Å². The van der Waals surface area contributed by atoms with Crippen LogP contribution in [-0.2, 0) is 0 Å². The van der Waals surface area contributed by atoms with Crippen molar-refractivity contribution in [1.82, 2.24) is 4.98 Å². The van der Waals surface area contributed by atoms with E-state index >= 15 is 0 Å². The van der Waals surface area contributed by atoms with Crippen LogP contribution in [0.3, 0.4) is 0 Å². The van der Waals surface area contributed by atoms with E-state index in [0.717, 1.165) is 12.3 Å². The Morgan fingerprint density at radius 2 is 1.90 bits per heavy atom. The van der Waals surface area contributed by atoms with Crippen LogP contribution in [0.25, 0.3) is 0 Å². The van der Waals surface area contributed by atoms with Crippen molar-refractivity contribution in [2.75, 3.05) is 5.32 Å². The second-order valence-electron chi connectivity index (χ2n) is 4.08. The first-order valence-electron chi connectivity index (χ1n) is 5.71. The van der Waals surface area contributed by atoms with Gasteiger partial charge in [-0.2, -0.15) is 0 Å². The topological polar surface area (TPSA) is 59.1 Å². The van der Waals surface area contributed by atoms with Gasteiger partial charge in [-0.25, -0.2) is 9.37 Å². The number of aromatic nitrogens is 1. The molecule has 0 aliphatic heterocycles. The fraction of sp³-hybridized carbons (Fsp3) is 0.0714. The van der Waals surface area contributed by atoms with Gasteiger partial charge in [-0.3, -0.25) is 9.59 Å². The molecule has 2 rings (SSSR count). The van der Waals surface area contributed by atoms with Crippen LogP contribution < -0.4 is 5.32 Å². The number of Topliss-reactive ketones (excluding diaryl/α,β-unsaturated/α-hetero) is 1. The number of nitrogens with zero attached hydrogens (tertiary/aromatic N) is 1. The van der Waals surface area contributed by atoms with Crippen molar-refractivity contribution >= 4 is 29.0 Å². The Labute approximate surface area is 119 Å². The van der Waals surface area contributed by atoms with Crippen LogP contribution in [0.15, 0.2) is 36.5 Å². The lowest BCUT2D eigenvalue weighted by molar-refractivity contribution is 0.101. The summed E-state index contributed by atoms with van der Waals surface area (Å²) in [6.45, 7) is 1.45. The largest absolute Gasteiger partial charge is 0.322 e. The maximum Gasteiger partial charge on any atom is 0.258 e. The molecule has 0 radical (unpaired) electrons. The highest BCUT2D eigenvalue weighted by Gasteiger charge is 2.13. The number of pyridine rings is 1. The SMILES string of the molecule is CC(=O)c1ccc(NC(=O)c2cc(F)cnc2Cl)cc1. The molecule has 1 heterocycles. The fourth-order valence-electron chi connectivity index (χ4n) is 1.57. The van der Waals surface area contributed by atoms with Crippen LogP contribution in [0.5, 0.6) is 0 Å². The minimum absolute atomic E-state index is 0.0534. The minimum Gasteiger partial charge on any atom is -0.322 e. The molecule has 20 heavy (non-hydrogen) atoms. The summed E-state index contributed by atoms with van der Waals surface area (Å²) in [5.74, 6) is -1.29. The van der Waals surface area contributed by atoms with Gasteiger partial charge in [0.15, 0.2) is 5.78 Å². The molecule has 0 saturated heterocycles. The fourth-order valence-corrected chi connectivity index (χ4v) is 1.76. The smallest absolute Gasteiger partial charge is 0.258 e. The highest BCUT2D eigenvalue weighted by atomic mass is 35.5. The summed E-state index contributed by atoms with van der Waals surface area (Å²) in [6, 6.07) is 7.34. The van der Waals surface area contributed by atoms with Gasteiger partial charge in [0, 0.05) is 11.3 Å². The Morgan fingerprint density at radius 1 is 1.25 bits per heavy atom. The predicted octanol–water partition coefficient (Wildman–Crippen LogP) is 3.33. The monoisotopic (exact) mass is 292 g/mol. The zero-order valence-electron chi connectivity index (χ0n) is 10.5. The van der Waals surface area contributed by atoms with E-state index in [-0.39, 0.29) is 16.5 Å². The van der Waals surface area contributed by atoms with Crippen LogP contribution in [0, 0.1) is 5.82 Å². The normalized spacial score (nSPS) is 10.2. The van der Waals surface area contributed by atoms with Crippen molar-refractivity contribution in [2.45, 2.75) is 6.92 Å². The summed E-state index contributed by atoms with van der Waals surface area (Å²) >= 11 is 5.74. The van der Waals surface area contributed by atoms with Crippen molar-refractivity contribution in [3.63, 3.8) is 0 Å². The zero-order chi connectivity index (χ0) is 14.7. The van der Waals surface area contributed by atoms with Gasteiger partial charge in [0.25, 0.3) is 5.91 Å². The van der Waals surface area contributed by atoms with Gasteiger partial charge in [-0.05, 0) is 37.3 Å². The van der Waals surface area contributed by atoms with E-state index in [1.54, 1.807) is 24.3 Å². The van der Waals surface area contributed by atoms with Gasteiger partial charge in [0.05, 0.1) is 11.8 Å². The van der Waals surface area contributed by atoms with E-state index in [9.17, 15) is 14.0 Å². The Balaban J connectivity index is 2.19. The summed E-state index contributed by atoms with van der Waals surface area (Å²) < 4.78 is 13.0. The predicted molar refractivity (Wildman–Crippen MR) is 73.6 cm³/mol. The van der Waals surface area contributed by atoms with Crippen LogP contribution in [0.1, 0.15) is 27.6 Å². The molecule has 2 aromatic rings. The average molecular weight is 293 g/mol. The van der Waals surface area contributed by atoms with Crippen LogP contribution in [-0.4, -0.2) is 16.7 Å². The van der Waals surface area contributed by atoms with Gasteiger partial charge in [0.1, 0.15) is 11.0 Å². The molecule has 0 bridgehead atoms. The van der Waals surface area contributed by atoms with E-state index in [2.05, 4.69) is 10.3 Å². The number of nitrogens with one attached hydrogen (secondary N) is 1. The lowest BCUT2D eigenvalue weighted by Gasteiger charge is -2.07. The lowest BCUT2D eigenvalue weighted by Crippen LogP contribution is -2.13. The van der Waals surface area contributed by atoms with Crippen LogP contribution in [0.2, 0.25) is 5.15 Å². The number of hydrogen-bond donors (Lipinski definition) is 1. The third-order valence-electron chi connectivity index (χ3n) is 2.60. The molecule has 0 atom stereocenters. The molecule has 1 aromatic carbocycles. The number of halogens is 2. The lowest BCUT2D eigenvalue weighted by atomic mass is 10.1. The van der Waals surface area contributed by atoms with Crippen LogP contribution in [0.4, 0.5) is 10.1 Å². The summed E-state index contributed by atoms with van der Waals surface area (Å²) in [7, 11) is 0.